The first-order valence-electron chi connectivity index (χ1n) is 8.09. The van der Waals surface area contributed by atoms with Gasteiger partial charge in [-0.15, -0.1) is 0 Å². The summed E-state index contributed by atoms with van der Waals surface area (Å²) in [5.41, 5.74) is 1.17. The van der Waals surface area contributed by atoms with Crippen LogP contribution in [-0.4, -0.2) is 49.7 Å². The lowest BCUT2D eigenvalue weighted by molar-refractivity contribution is -0.119. The van der Waals surface area contributed by atoms with Crippen LogP contribution in [0.5, 0.6) is 11.5 Å². The van der Waals surface area contributed by atoms with Gasteiger partial charge in [-0.05, 0) is 50.0 Å². The van der Waals surface area contributed by atoms with Crippen molar-refractivity contribution < 1.29 is 14.3 Å². The van der Waals surface area contributed by atoms with Crippen LogP contribution >= 0.6 is 0 Å². The molecular formula is C17H24N2O3. The summed E-state index contributed by atoms with van der Waals surface area (Å²) in [7, 11) is 0. The molecule has 1 fully saturated rings. The first-order valence-corrected chi connectivity index (χ1v) is 8.09. The van der Waals surface area contributed by atoms with Crippen LogP contribution < -0.4 is 14.8 Å². The molecule has 1 amide bonds. The summed E-state index contributed by atoms with van der Waals surface area (Å²) in [5.74, 6) is 1.65. The van der Waals surface area contributed by atoms with E-state index in [2.05, 4.69) is 16.3 Å². The van der Waals surface area contributed by atoms with Gasteiger partial charge in [0.25, 0.3) is 0 Å². The fraction of sp³-hybridized carbons (Fsp3) is 0.588. The van der Waals surface area contributed by atoms with Crippen molar-refractivity contribution in [3.05, 3.63) is 23.8 Å². The number of carbonyl (C=O) groups excluding carboxylic acids is 1. The van der Waals surface area contributed by atoms with E-state index in [1.807, 2.05) is 12.1 Å². The minimum absolute atomic E-state index is 0.0294. The lowest BCUT2D eigenvalue weighted by atomic mass is 10.0. The molecule has 1 saturated heterocycles. The predicted molar refractivity (Wildman–Crippen MR) is 84.4 cm³/mol. The molecule has 1 N–H and O–H groups in total. The van der Waals surface area contributed by atoms with Gasteiger partial charge in [0.2, 0.25) is 5.91 Å². The molecule has 0 aliphatic carbocycles. The van der Waals surface area contributed by atoms with Crippen molar-refractivity contribution in [2.24, 2.45) is 0 Å². The minimum atomic E-state index is 0.0294. The zero-order chi connectivity index (χ0) is 15.4. The van der Waals surface area contributed by atoms with Gasteiger partial charge in [-0.25, -0.2) is 0 Å². The van der Waals surface area contributed by atoms with Crippen molar-refractivity contribution >= 4 is 5.91 Å². The Morgan fingerprint density at radius 1 is 1.23 bits per heavy atom. The number of benzene rings is 1. The molecule has 5 heteroatoms. The number of hydrogen-bond donors (Lipinski definition) is 1. The number of amides is 1. The van der Waals surface area contributed by atoms with E-state index in [1.165, 1.54) is 18.4 Å². The van der Waals surface area contributed by atoms with E-state index in [4.69, 9.17) is 9.47 Å². The van der Waals surface area contributed by atoms with Crippen LogP contribution in [0.1, 0.15) is 25.3 Å². The summed E-state index contributed by atoms with van der Waals surface area (Å²) in [6.45, 7) is 5.97. The van der Waals surface area contributed by atoms with Crippen molar-refractivity contribution in [2.45, 2.75) is 32.2 Å². The molecule has 3 rings (SSSR count). The standard InChI is InChI=1S/C17H24N2O3/c1-13(20)18-15(12-19-6-2-3-7-19)10-14-4-5-16-17(11-14)22-9-8-21-16/h4-5,11,15H,2-3,6-10,12H2,1H3,(H,18,20)/t15-/m0/s1. The number of nitrogens with zero attached hydrogens (tertiary/aromatic N) is 1. The van der Waals surface area contributed by atoms with Gasteiger partial charge in [0.05, 0.1) is 0 Å². The van der Waals surface area contributed by atoms with Crippen molar-refractivity contribution in [1.29, 1.82) is 0 Å². The molecule has 0 bridgehead atoms. The molecule has 0 unspecified atom stereocenters. The highest BCUT2D eigenvalue weighted by Gasteiger charge is 2.20. The fourth-order valence-corrected chi connectivity index (χ4v) is 3.22. The van der Waals surface area contributed by atoms with Crippen LogP contribution in [0.25, 0.3) is 0 Å². The van der Waals surface area contributed by atoms with E-state index >= 15 is 0 Å². The predicted octanol–water partition coefficient (Wildman–Crippen LogP) is 1.60. The summed E-state index contributed by atoms with van der Waals surface area (Å²) in [6.07, 6.45) is 3.33. The summed E-state index contributed by atoms with van der Waals surface area (Å²) >= 11 is 0. The van der Waals surface area contributed by atoms with Gasteiger partial charge >= 0.3 is 0 Å². The maximum absolute atomic E-state index is 11.5. The number of ether oxygens (including phenoxy) is 2. The van der Waals surface area contributed by atoms with Crippen molar-refractivity contribution in [1.82, 2.24) is 10.2 Å². The highest BCUT2D eigenvalue weighted by Crippen LogP contribution is 2.31. The van der Waals surface area contributed by atoms with E-state index in [1.54, 1.807) is 6.92 Å². The number of rotatable bonds is 5. The van der Waals surface area contributed by atoms with Gasteiger partial charge in [-0.3, -0.25) is 4.79 Å². The molecule has 120 valence electrons. The van der Waals surface area contributed by atoms with E-state index in [0.29, 0.717) is 13.2 Å². The van der Waals surface area contributed by atoms with E-state index in [0.717, 1.165) is 37.6 Å². The molecule has 1 atom stereocenters. The summed E-state index contributed by atoms with van der Waals surface area (Å²) < 4.78 is 11.2. The molecule has 0 saturated carbocycles. The molecular weight excluding hydrogens is 280 g/mol. The smallest absolute Gasteiger partial charge is 0.217 e. The Labute approximate surface area is 131 Å². The highest BCUT2D eigenvalue weighted by atomic mass is 16.6. The monoisotopic (exact) mass is 304 g/mol. The number of nitrogens with one attached hydrogen (secondary N) is 1. The zero-order valence-corrected chi connectivity index (χ0v) is 13.1. The van der Waals surface area contributed by atoms with Crippen molar-refractivity contribution in [3.8, 4) is 11.5 Å². The molecule has 2 aliphatic heterocycles. The normalized spacial score (nSPS) is 19.0. The Morgan fingerprint density at radius 3 is 2.68 bits per heavy atom. The quantitative estimate of drug-likeness (QED) is 0.898. The average Bonchev–Trinajstić information content (AvgIpc) is 2.99. The maximum atomic E-state index is 11.5. The Morgan fingerprint density at radius 2 is 1.95 bits per heavy atom. The molecule has 5 nitrogen and oxygen atoms in total. The molecule has 0 spiro atoms. The number of likely N-dealkylation sites (tertiary alicyclic amines) is 1. The second-order valence-electron chi connectivity index (χ2n) is 6.09. The SMILES string of the molecule is CC(=O)N[C@@H](Cc1ccc2c(c1)OCCO2)CN1CCCC1. The van der Waals surface area contributed by atoms with E-state index in [-0.39, 0.29) is 11.9 Å². The second-order valence-corrected chi connectivity index (χ2v) is 6.09. The molecule has 2 aliphatic rings. The van der Waals surface area contributed by atoms with E-state index in [9.17, 15) is 4.79 Å². The fourth-order valence-electron chi connectivity index (χ4n) is 3.22. The molecule has 0 aromatic heterocycles. The van der Waals surface area contributed by atoms with Crippen molar-refractivity contribution in [2.75, 3.05) is 32.8 Å². The molecule has 1 aromatic rings. The Kier molecular flexibility index (Phi) is 4.83. The van der Waals surface area contributed by atoms with Crippen LogP contribution in [0.4, 0.5) is 0 Å². The van der Waals surface area contributed by atoms with Gasteiger partial charge in [-0.1, -0.05) is 6.07 Å². The van der Waals surface area contributed by atoms with Crippen molar-refractivity contribution in [3.63, 3.8) is 0 Å². The third-order valence-corrected chi connectivity index (χ3v) is 4.17. The van der Waals surface area contributed by atoms with Crippen LogP contribution in [-0.2, 0) is 11.2 Å². The summed E-state index contributed by atoms with van der Waals surface area (Å²) in [6, 6.07) is 6.20. The van der Waals surface area contributed by atoms with Gasteiger partial charge in [0.1, 0.15) is 13.2 Å². The van der Waals surface area contributed by atoms with Crippen LogP contribution in [0.2, 0.25) is 0 Å². The summed E-state index contributed by atoms with van der Waals surface area (Å²) in [4.78, 5) is 13.9. The number of fused-ring (bicyclic) bond motifs is 1. The zero-order valence-electron chi connectivity index (χ0n) is 13.1. The minimum Gasteiger partial charge on any atom is -0.486 e. The third-order valence-electron chi connectivity index (χ3n) is 4.17. The maximum Gasteiger partial charge on any atom is 0.217 e. The average molecular weight is 304 g/mol. The second kappa shape index (κ2) is 7.01. The first-order chi connectivity index (χ1) is 10.7. The molecule has 0 radical (unpaired) electrons. The summed E-state index contributed by atoms with van der Waals surface area (Å²) in [5, 5.41) is 3.08. The largest absolute Gasteiger partial charge is 0.486 e. The van der Waals surface area contributed by atoms with Crippen LogP contribution in [0, 0.1) is 0 Å². The van der Waals surface area contributed by atoms with Crippen LogP contribution in [0.15, 0.2) is 18.2 Å². The van der Waals surface area contributed by atoms with E-state index < -0.39 is 0 Å². The molecule has 22 heavy (non-hydrogen) atoms. The Balaban J connectivity index is 1.67. The van der Waals surface area contributed by atoms with Gasteiger partial charge in [-0.2, -0.15) is 0 Å². The van der Waals surface area contributed by atoms with Gasteiger partial charge in [0, 0.05) is 19.5 Å². The molecule has 2 heterocycles. The third kappa shape index (κ3) is 3.91. The topological polar surface area (TPSA) is 50.8 Å². The first kappa shape index (κ1) is 15.2. The Hall–Kier alpha value is -1.75. The lowest BCUT2D eigenvalue weighted by Crippen LogP contribution is -2.43. The highest BCUT2D eigenvalue weighted by molar-refractivity contribution is 5.73. The molecule has 1 aromatic carbocycles. The van der Waals surface area contributed by atoms with Gasteiger partial charge in [0.15, 0.2) is 11.5 Å². The Bertz CT molecular complexity index is 527. The van der Waals surface area contributed by atoms with Crippen LogP contribution in [0.3, 0.4) is 0 Å². The number of hydrogen-bond acceptors (Lipinski definition) is 4. The number of carbonyl (C=O) groups is 1. The lowest BCUT2D eigenvalue weighted by Gasteiger charge is -2.25. The van der Waals surface area contributed by atoms with Gasteiger partial charge < -0.3 is 19.7 Å².